The lowest BCUT2D eigenvalue weighted by atomic mass is 10.1. The van der Waals surface area contributed by atoms with Crippen LogP contribution < -0.4 is 8.28 Å². The summed E-state index contributed by atoms with van der Waals surface area (Å²) in [5.74, 6) is 0. The molecule has 0 atom stereocenters. The Bertz CT molecular complexity index is 1660. The van der Waals surface area contributed by atoms with E-state index in [2.05, 4.69) is 0 Å². The molecule has 2 N–H and O–H groups in total. The van der Waals surface area contributed by atoms with Crippen molar-refractivity contribution >= 4 is 88.9 Å². The Morgan fingerprint density at radius 1 is 1.06 bits per heavy atom. The lowest BCUT2D eigenvalue weighted by Crippen LogP contribution is -2.43. The van der Waals surface area contributed by atoms with E-state index in [1.165, 1.54) is 35.6 Å². The Balaban J connectivity index is 1.68. The molecule has 1 aromatic heterocycles. The molecule has 8 nitrogen and oxygen atoms in total. The maximum atomic E-state index is 12.2. The molecule has 3 aromatic rings. The number of thioether (sulfide) groups is 1. The average molecular weight is 607 g/mol. The third kappa shape index (κ3) is 5.50. The van der Waals surface area contributed by atoms with Gasteiger partial charge in [0.25, 0.3) is 5.01 Å². The Labute approximate surface area is 226 Å². The number of rotatable bonds is 7. The fourth-order valence-corrected chi connectivity index (χ4v) is 8.34. The number of aryl methyl sites for hydroxylation is 1. The number of fused-ring (bicyclic) bond motifs is 2. The van der Waals surface area contributed by atoms with Crippen LogP contribution in [0.25, 0.3) is 16.3 Å². The molecule has 2 aromatic carbocycles. The first-order valence-corrected chi connectivity index (χ1v) is 15.5. The Hall–Kier alpha value is -1.90. The van der Waals surface area contributed by atoms with E-state index in [9.17, 15) is 25.9 Å². The summed E-state index contributed by atoms with van der Waals surface area (Å²) in [5, 5.41) is 1.22. The monoisotopic (exact) mass is 605 g/mol. The Morgan fingerprint density at radius 3 is 2.47 bits per heavy atom. The van der Waals surface area contributed by atoms with Crippen LogP contribution >= 0.6 is 46.3 Å². The third-order valence-electron chi connectivity index (χ3n) is 5.02. The molecule has 0 aliphatic carbocycles. The molecule has 1 aliphatic heterocycles. The molecular formula is C22H19Cl2N2O6S4+. The van der Waals surface area contributed by atoms with Gasteiger partial charge in [-0.05, 0) is 46.8 Å². The largest absolute Gasteiger partial charge is 0.513 e. The van der Waals surface area contributed by atoms with Gasteiger partial charge in [0, 0.05) is 21.6 Å². The van der Waals surface area contributed by atoms with E-state index in [0.717, 1.165) is 26.5 Å². The van der Waals surface area contributed by atoms with Crippen molar-refractivity contribution in [3.8, 4) is 0 Å². The van der Waals surface area contributed by atoms with Gasteiger partial charge in [-0.25, -0.2) is 8.86 Å². The van der Waals surface area contributed by atoms with Gasteiger partial charge in [0.15, 0.2) is 0 Å². The molecule has 1 aliphatic rings. The number of thiazole rings is 1. The number of halogens is 2. The molecule has 0 bridgehead atoms. The van der Waals surface area contributed by atoms with Gasteiger partial charge >= 0.3 is 20.6 Å². The quantitative estimate of drug-likeness (QED) is 0.195. The van der Waals surface area contributed by atoms with Crippen molar-refractivity contribution in [1.82, 2.24) is 0 Å². The number of benzene rings is 2. The van der Waals surface area contributed by atoms with Crippen LogP contribution in [0, 0.1) is 0 Å². The van der Waals surface area contributed by atoms with Crippen LogP contribution in [0.1, 0.15) is 23.9 Å². The van der Waals surface area contributed by atoms with Crippen molar-refractivity contribution in [3.63, 3.8) is 0 Å². The summed E-state index contributed by atoms with van der Waals surface area (Å²) in [6, 6.07) is 8.11. The predicted molar refractivity (Wildman–Crippen MR) is 146 cm³/mol. The highest BCUT2D eigenvalue weighted by Crippen LogP contribution is 2.48. The minimum atomic E-state index is -4.62. The lowest BCUT2D eigenvalue weighted by Gasteiger charge is -2.15. The van der Waals surface area contributed by atoms with E-state index in [-0.39, 0.29) is 15.7 Å². The van der Waals surface area contributed by atoms with Gasteiger partial charge in [-0.15, -0.1) is 8.42 Å². The molecule has 0 saturated heterocycles. The molecule has 0 radical (unpaired) electrons. The molecule has 0 spiro atoms. The van der Waals surface area contributed by atoms with Gasteiger partial charge in [-0.3, -0.25) is 4.55 Å². The Kier molecular flexibility index (Phi) is 7.89. The molecule has 0 fully saturated rings. The van der Waals surface area contributed by atoms with Crippen molar-refractivity contribution < 1.29 is 29.9 Å². The molecule has 36 heavy (non-hydrogen) atoms. The number of hydrogen-bond donors (Lipinski definition) is 2. The van der Waals surface area contributed by atoms with Crippen LogP contribution in [0.2, 0.25) is 10.0 Å². The number of aromatic nitrogens is 1. The van der Waals surface area contributed by atoms with Gasteiger partial charge in [0.1, 0.15) is 4.70 Å². The molecule has 0 unspecified atom stereocenters. The predicted octanol–water partition coefficient (Wildman–Crippen LogP) is 5.92. The molecule has 4 rings (SSSR count). The number of nitrogens with zero attached hydrogens (tertiary/aromatic N) is 2. The Morgan fingerprint density at radius 2 is 1.81 bits per heavy atom. The first-order valence-electron chi connectivity index (χ1n) is 10.4. The van der Waals surface area contributed by atoms with Crippen LogP contribution in [0.3, 0.4) is 0 Å². The molecular weight excluding hydrogens is 587 g/mol. The van der Waals surface area contributed by atoms with Gasteiger partial charge in [-0.1, -0.05) is 77.9 Å². The van der Waals surface area contributed by atoms with Gasteiger partial charge < -0.3 is 0 Å². The van der Waals surface area contributed by atoms with Gasteiger partial charge in [-0.2, -0.15) is 8.42 Å². The highest BCUT2D eigenvalue weighted by atomic mass is 35.5. The zero-order chi connectivity index (χ0) is 26.3. The molecule has 14 heteroatoms. The zero-order valence-electron chi connectivity index (χ0n) is 18.5. The first-order chi connectivity index (χ1) is 16.9. The standard InChI is InChI=1S/C22H18Cl2N2O6S4/c1-2-6-15-16(24)10-12-19-22(15)26(36(30,31)32)21(34-19)8-5-3-4-7-20-25(35(27,28)29)17-13-14(23)9-11-18(17)33-20/h3-5,7-13H,2,6H2,1H3,(H-,27,28,29,30,31,32)/p+1. The normalized spacial score (nSPS) is 15.7. The van der Waals surface area contributed by atoms with Gasteiger partial charge in [0.2, 0.25) is 5.52 Å². The van der Waals surface area contributed by atoms with Crippen molar-refractivity contribution in [3.05, 3.63) is 80.3 Å². The third-order valence-corrected chi connectivity index (χ3v) is 9.71. The summed E-state index contributed by atoms with van der Waals surface area (Å²) >= 11 is 14.6. The summed E-state index contributed by atoms with van der Waals surface area (Å²) in [5.41, 5.74) is 1.21. The topological polar surface area (TPSA) is 116 Å². The second-order valence-corrected chi connectivity index (χ2v) is 13.0. The minimum absolute atomic E-state index is 0.230. The van der Waals surface area contributed by atoms with Crippen LogP contribution in [0.4, 0.5) is 5.69 Å². The SMILES string of the molecule is CCCc1c(Cl)ccc2sc(C=CC=CC=C3Sc4ccc(Cl)cc4N3S(=O)(=O)O)[n+](S(=O)(=O)O)c12. The van der Waals surface area contributed by atoms with E-state index >= 15 is 0 Å². The van der Waals surface area contributed by atoms with E-state index < -0.39 is 20.6 Å². The van der Waals surface area contributed by atoms with E-state index in [1.54, 1.807) is 36.4 Å². The van der Waals surface area contributed by atoms with Crippen molar-refractivity contribution in [2.75, 3.05) is 4.31 Å². The molecule has 2 heterocycles. The fourth-order valence-electron chi connectivity index (χ4n) is 3.67. The van der Waals surface area contributed by atoms with E-state index in [4.69, 9.17) is 23.2 Å². The van der Waals surface area contributed by atoms with Crippen molar-refractivity contribution in [2.24, 2.45) is 0 Å². The van der Waals surface area contributed by atoms with Crippen LogP contribution in [-0.2, 0) is 27.0 Å². The minimum Gasteiger partial charge on any atom is -0.269 e. The highest BCUT2D eigenvalue weighted by molar-refractivity contribution is 8.05. The first kappa shape index (κ1) is 27.1. The van der Waals surface area contributed by atoms with Crippen LogP contribution in [-0.4, -0.2) is 25.9 Å². The number of anilines is 1. The van der Waals surface area contributed by atoms with Crippen molar-refractivity contribution in [1.29, 1.82) is 0 Å². The number of hydrogen-bond acceptors (Lipinski definition) is 6. The van der Waals surface area contributed by atoms with E-state index in [1.807, 2.05) is 6.92 Å². The second kappa shape index (κ2) is 10.5. The van der Waals surface area contributed by atoms with Crippen molar-refractivity contribution in [2.45, 2.75) is 24.7 Å². The van der Waals surface area contributed by atoms with Gasteiger partial charge in [0.05, 0.1) is 15.7 Å². The maximum Gasteiger partial charge on any atom is 0.513 e. The molecule has 0 saturated carbocycles. The van der Waals surface area contributed by atoms with Crippen LogP contribution in [0.15, 0.2) is 64.6 Å². The molecule has 0 amide bonds. The summed E-state index contributed by atoms with van der Waals surface area (Å²) in [6.07, 6.45) is 8.91. The summed E-state index contributed by atoms with van der Waals surface area (Å²) < 4.78 is 70.3. The summed E-state index contributed by atoms with van der Waals surface area (Å²) in [7, 11) is -9.21. The fraction of sp³-hybridized carbons (Fsp3) is 0.136. The van der Waals surface area contributed by atoms with Crippen LogP contribution in [0.5, 0.6) is 0 Å². The number of allylic oxidation sites excluding steroid dienone is 4. The average Bonchev–Trinajstić information content (AvgIpc) is 3.33. The maximum absolute atomic E-state index is 12.2. The highest BCUT2D eigenvalue weighted by Gasteiger charge is 2.34. The summed E-state index contributed by atoms with van der Waals surface area (Å²) in [6.45, 7) is 1.94. The summed E-state index contributed by atoms with van der Waals surface area (Å²) in [4.78, 5) is 0.605. The smallest absolute Gasteiger partial charge is 0.269 e. The lowest BCUT2D eigenvalue weighted by molar-refractivity contribution is -0.486. The second-order valence-electron chi connectivity index (χ2n) is 7.51. The zero-order valence-corrected chi connectivity index (χ0v) is 23.3. The van der Waals surface area contributed by atoms with E-state index in [0.29, 0.717) is 37.1 Å². The molecule has 190 valence electrons.